The monoisotopic (exact) mass is 442 g/mol. The first-order chi connectivity index (χ1) is 14.8. The van der Waals surface area contributed by atoms with Gasteiger partial charge < -0.3 is 10.1 Å². The average molecular weight is 443 g/mol. The minimum absolute atomic E-state index is 0.313. The lowest BCUT2D eigenvalue weighted by Crippen LogP contribution is -2.48. The summed E-state index contributed by atoms with van der Waals surface area (Å²) in [7, 11) is -3.66. The highest BCUT2D eigenvalue weighted by Crippen LogP contribution is 2.27. The molecule has 0 saturated carbocycles. The van der Waals surface area contributed by atoms with Crippen molar-refractivity contribution in [3.05, 3.63) is 66.2 Å². The fourth-order valence-corrected chi connectivity index (χ4v) is 4.90. The lowest BCUT2D eigenvalue weighted by Gasteiger charge is -2.28. The Morgan fingerprint density at radius 3 is 2.35 bits per heavy atom. The number of hydrogen-bond donors (Lipinski definition) is 1. The van der Waals surface area contributed by atoms with Crippen molar-refractivity contribution in [2.45, 2.75) is 45.1 Å². The van der Waals surface area contributed by atoms with E-state index < -0.39 is 16.1 Å². The number of ether oxygens (including phenoxy) is 1. The molecule has 0 spiro atoms. The first kappa shape index (κ1) is 22.9. The second kappa shape index (κ2) is 10.5. The standard InChI is InChI=1S/C24H30N2O4S/c1-19(24(27)25-18-17-20-9-5-3-6-10-20)26(31(2,28)29)21-13-15-23(16-14-21)30-22-11-7-4-8-12-22/h4,7-9,11-16,19H,3,5-6,10,17-18H2,1-2H3,(H,25,27)/t19-/m0/s1. The number of allylic oxidation sites excluding steroid dienone is 1. The predicted molar refractivity (Wildman–Crippen MR) is 124 cm³/mol. The molecule has 3 rings (SSSR count). The summed E-state index contributed by atoms with van der Waals surface area (Å²) in [5.41, 5.74) is 1.79. The lowest BCUT2D eigenvalue weighted by atomic mass is 9.97. The predicted octanol–water partition coefficient (Wildman–Crippen LogP) is 4.64. The molecule has 0 saturated heterocycles. The summed E-state index contributed by atoms with van der Waals surface area (Å²) in [5, 5.41) is 2.89. The van der Waals surface area contributed by atoms with E-state index >= 15 is 0 Å². The number of anilines is 1. The second-order valence-electron chi connectivity index (χ2n) is 7.79. The Balaban J connectivity index is 1.66. The van der Waals surface area contributed by atoms with Crippen molar-refractivity contribution in [2.24, 2.45) is 0 Å². The lowest BCUT2D eigenvalue weighted by molar-refractivity contribution is -0.121. The van der Waals surface area contributed by atoms with Crippen molar-refractivity contribution in [3.63, 3.8) is 0 Å². The van der Waals surface area contributed by atoms with Gasteiger partial charge in [0, 0.05) is 6.54 Å². The van der Waals surface area contributed by atoms with Gasteiger partial charge in [0.05, 0.1) is 11.9 Å². The van der Waals surface area contributed by atoms with Crippen LogP contribution in [0.3, 0.4) is 0 Å². The van der Waals surface area contributed by atoms with Crippen LogP contribution in [0.4, 0.5) is 5.69 Å². The topological polar surface area (TPSA) is 75.7 Å². The Hall–Kier alpha value is -2.80. The molecule has 1 N–H and O–H groups in total. The number of amides is 1. The van der Waals surface area contributed by atoms with E-state index in [1.54, 1.807) is 31.2 Å². The van der Waals surface area contributed by atoms with E-state index in [0.29, 0.717) is 23.7 Å². The third-order valence-corrected chi connectivity index (χ3v) is 6.53. The van der Waals surface area contributed by atoms with Crippen LogP contribution < -0.4 is 14.4 Å². The van der Waals surface area contributed by atoms with Crippen LogP contribution in [-0.2, 0) is 14.8 Å². The Bertz CT molecular complexity index is 1000. The first-order valence-electron chi connectivity index (χ1n) is 10.6. The molecule has 0 fully saturated rings. The molecule has 1 amide bonds. The zero-order valence-electron chi connectivity index (χ0n) is 18.1. The van der Waals surface area contributed by atoms with Crippen molar-refractivity contribution >= 4 is 21.6 Å². The molecule has 2 aromatic carbocycles. The summed E-state index contributed by atoms with van der Waals surface area (Å²) in [5.74, 6) is 0.962. The van der Waals surface area contributed by atoms with Gasteiger partial charge in [0.15, 0.2) is 0 Å². The van der Waals surface area contributed by atoms with Crippen molar-refractivity contribution < 1.29 is 17.9 Å². The Labute approximate surface area is 185 Å². The Kier molecular flexibility index (Phi) is 7.74. The number of carbonyl (C=O) groups excluding carboxylic acids is 1. The van der Waals surface area contributed by atoms with E-state index in [1.165, 1.54) is 18.4 Å². The fraction of sp³-hybridized carbons (Fsp3) is 0.375. The van der Waals surface area contributed by atoms with Gasteiger partial charge in [-0.05, 0) is 75.4 Å². The molecule has 7 heteroatoms. The normalized spacial score (nSPS) is 15.0. The van der Waals surface area contributed by atoms with Crippen LogP contribution >= 0.6 is 0 Å². The summed E-state index contributed by atoms with van der Waals surface area (Å²) < 4.78 is 31.9. The highest BCUT2D eigenvalue weighted by atomic mass is 32.2. The molecule has 1 aliphatic rings. The summed E-state index contributed by atoms with van der Waals surface area (Å²) in [6.45, 7) is 2.11. The van der Waals surface area contributed by atoms with Crippen LogP contribution in [0.5, 0.6) is 11.5 Å². The molecule has 1 atom stereocenters. The number of sulfonamides is 1. The van der Waals surface area contributed by atoms with Gasteiger partial charge in [-0.15, -0.1) is 0 Å². The van der Waals surface area contributed by atoms with Gasteiger partial charge in [-0.1, -0.05) is 29.8 Å². The van der Waals surface area contributed by atoms with Crippen molar-refractivity contribution in [2.75, 3.05) is 17.1 Å². The van der Waals surface area contributed by atoms with Crippen LogP contribution in [0.25, 0.3) is 0 Å². The zero-order valence-corrected chi connectivity index (χ0v) is 18.9. The number of benzene rings is 2. The van der Waals surface area contributed by atoms with Crippen molar-refractivity contribution in [3.8, 4) is 11.5 Å². The summed E-state index contributed by atoms with van der Waals surface area (Å²) in [6, 6.07) is 15.2. The first-order valence-corrected chi connectivity index (χ1v) is 12.5. The number of rotatable bonds is 9. The van der Waals surface area contributed by atoms with Crippen LogP contribution in [0.2, 0.25) is 0 Å². The van der Waals surface area contributed by atoms with Gasteiger partial charge in [-0.25, -0.2) is 8.42 Å². The van der Waals surface area contributed by atoms with Crippen LogP contribution in [0, 0.1) is 0 Å². The maximum Gasteiger partial charge on any atom is 0.243 e. The van der Waals surface area contributed by atoms with Gasteiger partial charge in [0.25, 0.3) is 0 Å². The zero-order chi connectivity index (χ0) is 22.3. The molecule has 0 aromatic heterocycles. The molecule has 0 aliphatic heterocycles. The maximum absolute atomic E-state index is 12.7. The Morgan fingerprint density at radius 1 is 1.06 bits per heavy atom. The Morgan fingerprint density at radius 2 is 1.74 bits per heavy atom. The van der Waals surface area contributed by atoms with E-state index in [9.17, 15) is 13.2 Å². The van der Waals surface area contributed by atoms with E-state index in [0.717, 1.165) is 29.8 Å². The van der Waals surface area contributed by atoms with E-state index in [1.807, 2.05) is 30.3 Å². The van der Waals surface area contributed by atoms with Gasteiger partial charge in [0.1, 0.15) is 17.5 Å². The molecule has 2 aromatic rings. The number of carbonyl (C=O) groups is 1. The number of hydrogen-bond acceptors (Lipinski definition) is 4. The molecule has 1 aliphatic carbocycles. The van der Waals surface area contributed by atoms with Crippen LogP contribution in [0.1, 0.15) is 39.0 Å². The van der Waals surface area contributed by atoms with E-state index in [-0.39, 0.29) is 5.91 Å². The quantitative estimate of drug-likeness (QED) is 0.574. The highest BCUT2D eigenvalue weighted by Gasteiger charge is 2.29. The molecule has 166 valence electrons. The van der Waals surface area contributed by atoms with Gasteiger partial charge in [-0.3, -0.25) is 9.10 Å². The molecule has 0 radical (unpaired) electrons. The van der Waals surface area contributed by atoms with Crippen molar-refractivity contribution in [1.29, 1.82) is 0 Å². The largest absolute Gasteiger partial charge is 0.457 e. The fourth-order valence-electron chi connectivity index (χ4n) is 3.72. The van der Waals surface area contributed by atoms with Gasteiger partial charge >= 0.3 is 0 Å². The molecule has 31 heavy (non-hydrogen) atoms. The van der Waals surface area contributed by atoms with E-state index in [4.69, 9.17) is 4.74 Å². The molecule has 0 bridgehead atoms. The highest BCUT2D eigenvalue weighted by molar-refractivity contribution is 7.92. The SMILES string of the molecule is C[C@@H](C(=O)NCCC1=CCCCC1)N(c1ccc(Oc2ccccc2)cc1)S(C)(=O)=O. The maximum atomic E-state index is 12.7. The van der Waals surface area contributed by atoms with Crippen LogP contribution in [-0.4, -0.2) is 33.2 Å². The number of nitrogens with one attached hydrogen (secondary N) is 1. The van der Waals surface area contributed by atoms with Gasteiger partial charge in [-0.2, -0.15) is 0 Å². The van der Waals surface area contributed by atoms with Gasteiger partial charge in [0.2, 0.25) is 15.9 Å². The summed E-state index contributed by atoms with van der Waals surface area (Å²) >= 11 is 0. The molecular weight excluding hydrogens is 412 g/mol. The average Bonchev–Trinajstić information content (AvgIpc) is 2.75. The second-order valence-corrected chi connectivity index (χ2v) is 9.65. The number of para-hydroxylation sites is 1. The molecule has 6 nitrogen and oxygen atoms in total. The smallest absolute Gasteiger partial charge is 0.243 e. The minimum atomic E-state index is -3.66. The third kappa shape index (κ3) is 6.59. The molecule has 0 unspecified atom stereocenters. The van der Waals surface area contributed by atoms with Crippen molar-refractivity contribution in [1.82, 2.24) is 5.32 Å². The molecular formula is C24H30N2O4S. The minimum Gasteiger partial charge on any atom is -0.457 e. The molecule has 0 heterocycles. The summed E-state index contributed by atoms with van der Waals surface area (Å²) in [4.78, 5) is 12.7. The van der Waals surface area contributed by atoms with Crippen LogP contribution in [0.15, 0.2) is 66.2 Å². The third-order valence-electron chi connectivity index (χ3n) is 5.29. The number of nitrogens with zero attached hydrogens (tertiary/aromatic N) is 1. The summed E-state index contributed by atoms with van der Waals surface area (Å²) in [6.07, 6.45) is 8.78. The van der Waals surface area contributed by atoms with E-state index in [2.05, 4.69) is 11.4 Å².